The first-order valence-electron chi connectivity index (χ1n) is 5.52. The molecule has 0 aliphatic rings. The maximum atomic E-state index is 12.3. The van der Waals surface area contributed by atoms with Crippen molar-refractivity contribution in [1.82, 2.24) is 4.57 Å². The zero-order valence-corrected chi connectivity index (χ0v) is 11.4. The van der Waals surface area contributed by atoms with Crippen molar-refractivity contribution in [3.05, 3.63) is 46.2 Å². The van der Waals surface area contributed by atoms with Gasteiger partial charge in [-0.05, 0) is 37.1 Å². The first-order valence-corrected chi connectivity index (χ1v) is 6.74. The number of rotatable bonds is 2. The average Bonchev–Trinajstić information content (AvgIpc) is 2.41. The molecular formula is C13H15N2O2S+. The van der Waals surface area contributed by atoms with E-state index in [0.717, 1.165) is 5.69 Å². The number of hydrogen-bond acceptors (Lipinski definition) is 3. The van der Waals surface area contributed by atoms with Gasteiger partial charge in [0, 0.05) is 0 Å². The molecule has 2 rings (SSSR count). The van der Waals surface area contributed by atoms with Crippen LogP contribution in [0.4, 0.5) is 0 Å². The summed E-state index contributed by atoms with van der Waals surface area (Å²) in [7, 11) is 1.74. The minimum atomic E-state index is -0.193. The third kappa shape index (κ3) is 1.90. The maximum Gasteiger partial charge on any atom is 0.350 e. The van der Waals surface area contributed by atoms with Crippen LogP contribution < -0.4 is 10.1 Å². The summed E-state index contributed by atoms with van der Waals surface area (Å²) in [5, 5.41) is 10.6. The third-order valence-corrected chi connectivity index (χ3v) is 3.67. The number of benzene rings is 1. The Labute approximate surface area is 110 Å². The molecular weight excluding hydrogens is 248 g/mol. The number of nitrogens with zero attached hydrogens (tertiary/aromatic N) is 2. The Morgan fingerprint density at radius 1 is 1.28 bits per heavy atom. The molecule has 94 valence electrons. The molecule has 0 atom stereocenters. The van der Waals surface area contributed by atoms with E-state index in [-0.39, 0.29) is 11.4 Å². The molecule has 0 radical (unpaired) electrons. The fourth-order valence-corrected chi connectivity index (χ4v) is 2.61. The second-order valence-corrected chi connectivity index (χ2v) is 4.74. The Hall–Kier alpha value is -1.75. The highest BCUT2D eigenvalue weighted by Gasteiger charge is 2.24. The summed E-state index contributed by atoms with van der Waals surface area (Å²) in [5.41, 5.74) is 0.950. The summed E-state index contributed by atoms with van der Waals surface area (Å²) in [6.45, 7) is 1.63. The van der Waals surface area contributed by atoms with E-state index in [9.17, 15) is 9.90 Å². The molecule has 0 aliphatic carbocycles. The summed E-state index contributed by atoms with van der Waals surface area (Å²) in [4.78, 5) is 12.3. The van der Waals surface area contributed by atoms with Gasteiger partial charge in [-0.3, -0.25) is 0 Å². The molecule has 1 heterocycles. The SMILES string of the molecule is CSc1n(-c2ccccc2)c(=O)c(C)c(O)[n+]1C. The number of thioether (sulfide) groups is 1. The minimum Gasteiger partial charge on any atom is -0.477 e. The van der Waals surface area contributed by atoms with E-state index >= 15 is 0 Å². The Morgan fingerprint density at radius 2 is 1.89 bits per heavy atom. The molecule has 0 saturated heterocycles. The van der Waals surface area contributed by atoms with E-state index in [1.165, 1.54) is 11.8 Å². The second kappa shape index (κ2) is 4.86. The topological polar surface area (TPSA) is 46.1 Å². The lowest BCUT2D eigenvalue weighted by molar-refractivity contribution is -0.720. The molecule has 0 aliphatic heterocycles. The molecule has 0 spiro atoms. The van der Waals surface area contributed by atoms with Gasteiger partial charge in [0.05, 0.1) is 7.05 Å². The summed E-state index contributed by atoms with van der Waals surface area (Å²) < 4.78 is 3.23. The summed E-state index contributed by atoms with van der Waals surface area (Å²) in [6.07, 6.45) is 1.88. The molecule has 0 unspecified atom stereocenters. The van der Waals surface area contributed by atoms with Crippen molar-refractivity contribution >= 4 is 11.8 Å². The Kier molecular flexibility index (Phi) is 3.43. The fourth-order valence-electron chi connectivity index (χ4n) is 1.88. The Morgan fingerprint density at radius 3 is 2.44 bits per heavy atom. The van der Waals surface area contributed by atoms with E-state index in [1.54, 1.807) is 23.1 Å². The van der Waals surface area contributed by atoms with Crippen molar-refractivity contribution in [3.8, 4) is 11.6 Å². The predicted octanol–water partition coefficient (Wildman–Crippen LogP) is 1.40. The number of aromatic nitrogens is 2. The maximum absolute atomic E-state index is 12.3. The van der Waals surface area contributed by atoms with Gasteiger partial charge in [-0.15, -0.1) is 0 Å². The molecule has 1 N–H and O–H groups in total. The lowest BCUT2D eigenvalue weighted by atomic mass is 10.3. The van der Waals surface area contributed by atoms with Crippen molar-refractivity contribution in [2.24, 2.45) is 7.05 Å². The van der Waals surface area contributed by atoms with Gasteiger partial charge in [-0.1, -0.05) is 18.2 Å². The highest BCUT2D eigenvalue weighted by molar-refractivity contribution is 7.98. The first-order chi connectivity index (χ1) is 8.57. The molecule has 0 amide bonds. The first kappa shape index (κ1) is 12.7. The van der Waals surface area contributed by atoms with Crippen LogP contribution in [0.1, 0.15) is 5.56 Å². The van der Waals surface area contributed by atoms with Crippen LogP contribution in [-0.2, 0) is 7.05 Å². The summed E-state index contributed by atoms with van der Waals surface area (Å²) in [5.74, 6) is 0.0107. The molecule has 0 bridgehead atoms. The molecule has 5 heteroatoms. The van der Waals surface area contributed by atoms with Crippen molar-refractivity contribution < 1.29 is 9.67 Å². The number of para-hydroxylation sites is 1. The Balaban J connectivity index is 2.87. The van der Waals surface area contributed by atoms with Crippen LogP contribution in [-0.4, -0.2) is 15.9 Å². The lowest BCUT2D eigenvalue weighted by Crippen LogP contribution is -2.41. The monoisotopic (exact) mass is 263 g/mol. The van der Waals surface area contributed by atoms with Gasteiger partial charge in [-0.25, -0.2) is 4.79 Å². The predicted molar refractivity (Wildman–Crippen MR) is 71.4 cm³/mol. The van der Waals surface area contributed by atoms with Gasteiger partial charge in [0.1, 0.15) is 11.3 Å². The number of aromatic hydroxyl groups is 1. The lowest BCUT2D eigenvalue weighted by Gasteiger charge is -2.09. The van der Waals surface area contributed by atoms with E-state index in [4.69, 9.17) is 0 Å². The van der Waals surface area contributed by atoms with Crippen LogP contribution in [0.15, 0.2) is 40.3 Å². The van der Waals surface area contributed by atoms with Crippen molar-refractivity contribution in [2.75, 3.05) is 6.26 Å². The van der Waals surface area contributed by atoms with Crippen LogP contribution in [0.3, 0.4) is 0 Å². The van der Waals surface area contributed by atoms with Crippen LogP contribution in [0, 0.1) is 6.92 Å². The van der Waals surface area contributed by atoms with E-state index in [0.29, 0.717) is 10.7 Å². The van der Waals surface area contributed by atoms with Crippen molar-refractivity contribution in [3.63, 3.8) is 0 Å². The average molecular weight is 263 g/mol. The summed E-state index contributed by atoms with van der Waals surface area (Å²) >= 11 is 1.42. The smallest absolute Gasteiger partial charge is 0.350 e. The van der Waals surface area contributed by atoms with Crippen LogP contribution in [0.25, 0.3) is 5.69 Å². The quantitative estimate of drug-likeness (QED) is 0.506. The van der Waals surface area contributed by atoms with Crippen LogP contribution >= 0.6 is 11.8 Å². The normalized spacial score (nSPS) is 10.6. The largest absolute Gasteiger partial charge is 0.477 e. The highest BCUT2D eigenvalue weighted by Crippen LogP contribution is 2.17. The molecule has 18 heavy (non-hydrogen) atoms. The molecule has 4 nitrogen and oxygen atoms in total. The van der Waals surface area contributed by atoms with Gasteiger partial charge < -0.3 is 5.11 Å². The van der Waals surface area contributed by atoms with E-state index in [2.05, 4.69) is 0 Å². The Bertz CT molecular complexity index is 636. The molecule has 2 aromatic rings. The van der Waals surface area contributed by atoms with Gasteiger partial charge in [0.25, 0.3) is 5.88 Å². The highest BCUT2D eigenvalue weighted by atomic mass is 32.2. The van der Waals surface area contributed by atoms with Gasteiger partial charge in [0.2, 0.25) is 0 Å². The second-order valence-electron chi connectivity index (χ2n) is 3.97. The van der Waals surface area contributed by atoms with E-state index < -0.39 is 0 Å². The standard InChI is InChI=1S/C13H14N2O2S/c1-9-11(16)14(2)13(18-3)15(12(9)17)10-7-5-4-6-8-10/h4-8H,1-3H3/p+1. The number of hydrogen-bond donors (Lipinski definition) is 1. The fraction of sp³-hybridized carbons (Fsp3) is 0.231. The van der Waals surface area contributed by atoms with E-state index in [1.807, 2.05) is 36.6 Å². The molecule has 1 aromatic heterocycles. The van der Waals surface area contributed by atoms with Crippen LogP contribution in [0.2, 0.25) is 0 Å². The molecule has 1 aromatic carbocycles. The van der Waals surface area contributed by atoms with Gasteiger partial charge in [0.15, 0.2) is 0 Å². The third-order valence-electron chi connectivity index (χ3n) is 2.85. The summed E-state index contributed by atoms with van der Waals surface area (Å²) in [6, 6.07) is 9.41. The van der Waals surface area contributed by atoms with Crippen molar-refractivity contribution in [2.45, 2.75) is 12.1 Å². The van der Waals surface area contributed by atoms with Gasteiger partial charge in [-0.2, -0.15) is 9.13 Å². The molecule has 0 fully saturated rings. The zero-order valence-electron chi connectivity index (χ0n) is 10.5. The van der Waals surface area contributed by atoms with Gasteiger partial charge >= 0.3 is 10.7 Å². The van der Waals surface area contributed by atoms with Crippen LogP contribution in [0.5, 0.6) is 5.88 Å². The zero-order chi connectivity index (χ0) is 13.3. The minimum absolute atomic E-state index is 0.0107. The van der Waals surface area contributed by atoms with Crippen molar-refractivity contribution in [1.29, 1.82) is 0 Å². The molecule has 0 saturated carbocycles.